The number of urea groups is 1. The van der Waals surface area contributed by atoms with Gasteiger partial charge >= 0.3 is 30.3 Å². The number of carbonyl (C=O) groups excluding carboxylic acids is 7. The number of esters is 1. The molecule has 1 heterocycles. The molecule has 7 amide bonds. The SMILES string of the molecule is CC(C)C(NC(=O)N(CCCN(C(=O)OC(C)(C)C)/C(=N\C(=O)OC(C)(C)C)NC(=O)OC(C)(C)C)N1C(=O)c2ccccc2C1=O)C(=O)OC(C)(C)C. The first kappa shape index (κ1) is 44.9. The Morgan fingerprint density at radius 2 is 1.20 bits per heavy atom. The van der Waals surface area contributed by atoms with Gasteiger partial charge in [-0.2, -0.15) is 5.01 Å². The number of amides is 7. The first-order valence-corrected chi connectivity index (χ1v) is 17.6. The Morgan fingerprint density at radius 3 is 1.65 bits per heavy atom. The van der Waals surface area contributed by atoms with E-state index in [2.05, 4.69) is 15.6 Å². The molecule has 2 N–H and O–H groups in total. The van der Waals surface area contributed by atoms with Gasteiger partial charge < -0.3 is 24.3 Å². The zero-order valence-corrected chi connectivity index (χ0v) is 33.9. The molecular weight excluding hydrogens is 704 g/mol. The van der Waals surface area contributed by atoms with Crippen LogP contribution in [0.15, 0.2) is 29.3 Å². The Kier molecular flexibility index (Phi) is 14.4. The Morgan fingerprint density at radius 1 is 0.722 bits per heavy atom. The van der Waals surface area contributed by atoms with Crippen molar-refractivity contribution in [2.45, 2.75) is 132 Å². The molecule has 54 heavy (non-hydrogen) atoms. The maximum atomic E-state index is 14.0. The largest absolute Gasteiger partial charge is 0.458 e. The first-order valence-electron chi connectivity index (χ1n) is 17.6. The van der Waals surface area contributed by atoms with Gasteiger partial charge in [-0.25, -0.2) is 33.9 Å². The average Bonchev–Trinajstić information content (AvgIpc) is 3.20. The molecule has 0 saturated carbocycles. The van der Waals surface area contributed by atoms with Crippen molar-refractivity contribution >= 4 is 48.1 Å². The minimum Gasteiger partial charge on any atom is -0.458 e. The highest BCUT2D eigenvalue weighted by molar-refractivity contribution is 6.21. The summed E-state index contributed by atoms with van der Waals surface area (Å²) in [6.07, 6.45) is -3.48. The van der Waals surface area contributed by atoms with Gasteiger partial charge in [-0.3, -0.25) is 14.9 Å². The number of hydrogen-bond donors (Lipinski definition) is 2. The molecule has 17 nitrogen and oxygen atoms in total. The third kappa shape index (κ3) is 14.0. The van der Waals surface area contributed by atoms with E-state index >= 15 is 0 Å². The third-order valence-electron chi connectivity index (χ3n) is 6.68. The Labute approximate surface area is 317 Å². The zero-order valence-electron chi connectivity index (χ0n) is 33.9. The molecule has 0 spiro atoms. The van der Waals surface area contributed by atoms with Gasteiger partial charge in [-0.15, -0.1) is 4.99 Å². The third-order valence-corrected chi connectivity index (χ3v) is 6.68. The smallest absolute Gasteiger partial charge is 0.437 e. The number of fused-ring (bicyclic) bond motifs is 1. The molecule has 1 aromatic carbocycles. The number of nitrogens with zero attached hydrogens (tertiary/aromatic N) is 4. The highest BCUT2D eigenvalue weighted by Crippen LogP contribution is 2.25. The minimum atomic E-state index is -1.18. The molecule has 0 aliphatic carbocycles. The molecular formula is C37H56N6O11. The highest BCUT2D eigenvalue weighted by Gasteiger charge is 2.43. The molecule has 2 rings (SSSR count). The maximum absolute atomic E-state index is 14.0. The van der Waals surface area contributed by atoms with Crippen LogP contribution in [0.1, 0.15) is 124 Å². The second-order valence-corrected chi connectivity index (χ2v) is 16.8. The summed E-state index contributed by atoms with van der Waals surface area (Å²) in [5.74, 6) is -3.42. The van der Waals surface area contributed by atoms with Gasteiger partial charge in [0.05, 0.1) is 11.1 Å². The molecule has 1 unspecified atom stereocenters. The Hall–Kier alpha value is -5.22. The average molecular weight is 761 g/mol. The number of hydrazine groups is 1. The Bertz CT molecular complexity index is 1590. The maximum Gasteiger partial charge on any atom is 0.437 e. The van der Waals surface area contributed by atoms with Crippen LogP contribution in [0.2, 0.25) is 0 Å². The van der Waals surface area contributed by atoms with Crippen LogP contribution < -0.4 is 10.6 Å². The van der Waals surface area contributed by atoms with Gasteiger partial charge in [0, 0.05) is 13.1 Å². The number of aliphatic imine (C=N–C) groups is 1. The van der Waals surface area contributed by atoms with Crippen LogP contribution in [-0.4, -0.2) is 105 Å². The normalized spacial score (nSPS) is 14.2. The summed E-state index contributed by atoms with van der Waals surface area (Å²) in [7, 11) is 0. The molecule has 0 aromatic heterocycles. The zero-order chi connectivity index (χ0) is 41.6. The van der Waals surface area contributed by atoms with Crippen LogP contribution >= 0.6 is 0 Å². The van der Waals surface area contributed by atoms with Crippen LogP contribution in [0, 0.1) is 5.92 Å². The van der Waals surface area contributed by atoms with Crippen molar-refractivity contribution in [1.29, 1.82) is 0 Å². The van der Waals surface area contributed by atoms with Crippen LogP contribution in [0.25, 0.3) is 0 Å². The molecule has 1 aliphatic rings. The number of guanidine groups is 1. The summed E-state index contributed by atoms with van der Waals surface area (Å²) >= 11 is 0. The van der Waals surface area contributed by atoms with E-state index in [0.717, 1.165) is 9.91 Å². The van der Waals surface area contributed by atoms with E-state index in [-0.39, 0.29) is 17.5 Å². The standard InChI is InChI=1S/C37H56N6O11/c1-22(2)25(28(46)51-34(3,4)5)38-30(47)42(43-26(44)23-18-15-16-19-24(23)27(43)45)21-17-20-41(33(50)54-37(12,13)14)29(39-31(48)52-35(6,7)8)40-32(49)53-36(9,10)11/h15-16,18-19,22,25H,17,20-21H2,1-14H3,(H,38,47)(H,39,40,48,49). The fraction of sp³-hybridized carbons (Fsp3) is 0.622. The molecule has 300 valence electrons. The van der Waals surface area contributed by atoms with Gasteiger partial charge in [0.15, 0.2) is 0 Å². The van der Waals surface area contributed by atoms with E-state index < -0.39 is 95.5 Å². The molecule has 17 heteroatoms. The van der Waals surface area contributed by atoms with Crippen molar-refractivity contribution in [1.82, 2.24) is 25.6 Å². The molecule has 0 bridgehead atoms. The number of alkyl carbamates (subject to hydrolysis) is 1. The summed E-state index contributed by atoms with van der Waals surface area (Å²) in [6.45, 7) is 22.0. The number of hydrogen-bond acceptors (Lipinski definition) is 11. The molecule has 1 atom stereocenters. The fourth-order valence-corrected chi connectivity index (χ4v) is 4.66. The first-order chi connectivity index (χ1) is 24.5. The van der Waals surface area contributed by atoms with Crippen molar-refractivity contribution in [2.75, 3.05) is 13.1 Å². The monoisotopic (exact) mass is 760 g/mol. The number of rotatable bonds is 8. The van der Waals surface area contributed by atoms with E-state index in [1.54, 1.807) is 109 Å². The lowest BCUT2D eigenvalue weighted by Gasteiger charge is -2.33. The summed E-state index contributed by atoms with van der Waals surface area (Å²) < 4.78 is 21.7. The fourth-order valence-electron chi connectivity index (χ4n) is 4.66. The quantitative estimate of drug-likeness (QED) is 0.103. The highest BCUT2D eigenvalue weighted by atomic mass is 16.6. The summed E-state index contributed by atoms with van der Waals surface area (Å²) in [4.78, 5) is 98.6. The number of benzene rings is 1. The topological polar surface area (TPSA) is 203 Å². The van der Waals surface area contributed by atoms with E-state index in [1.807, 2.05) is 0 Å². The number of ether oxygens (including phenoxy) is 4. The summed E-state index contributed by atoms with van der Waals surface area (Å²) in [5, 5.41) is 6.39. The van der Waals surface area contributed by atoms with Crippen molar-refractivity contribution in [2.24, 2.45) is 10.9 Å². The predicted molar refractivity (Wildman–Crippen MR) is 197 cm³/mol. The van der Waals surface area contributed by atoms with E-state index in [4.69, 9.17) is 18.9 Å². The van der Waals surface area contributed by atoms with Crippen molar-refractivity contribution in [3.05, 3.63) is 35.4 Å². The van der Waals surface area contributed by atoms with Gasteiger partial charge in [0.1, 0.15) is 28.4 Å². The molecule has 0 saturated heterocycles. The van der Waals surface area contributed by atoms with Crippen LogP contribution in [0.4, 0.5) is 19.2 Å². The van der Waals surface area contributed by atoms with E-state index in [0.29, 0.717) is 5.01 Å². The molecule has 0 radical (unpaired) electrons. The molecule has 1 aromatic rings. The van der Waals surface area contributed by atoms with Gasteiger partial charge in [0.25, 0.3) is 11.8 Å². The second kappa shape index (κ2) is 17.3. The number of imide groups is 1. The van der Waals surface area contributed by atoms with Crippen molar-refractivity contribution in [3.8, 4) is 0 Å². The minimum absolute atomic E-state index is 0.0524. The lowest BCUT2D eigenvalue weighted by Crippen LogP contribution is -2.58. The van der Waals surface area contributed by atoms with E-state index in [9.17, 15) is 33.6 Å². The van der Waals surface area contributed by atoms with Gasteiger partial charge in [-0.1, -0.05) is 26.0 Å². The Balaban J connectivity index is 2.60. The van der Waals surface area contributed by atoms with Crippen LogP contribution in [-0.2, 0) is 23.7 Å². The molecule has 0 fully saturated rings. The van der Waals surface area contributed by atoms with Crippen molar-refractivity contribution in [3.63, 3.8) is 0 Å². The summed E-state index contributed by atoms with van der Waals surface area (Å²) in [5.41, 5.74) is -3.81. The lowest BCUT2D eigenvalue weighted by molar-refractivity contribution is -0.158. The van der Waals surface area contributed by atoms with Crippen LogP contribution in [0.3, 0.4) is 0 Å². The number of nitrogens with one attached hydrogen (secondary N) is 2. The van der Waals surface area contributed by atoms with Gasteiger partial charge in [0.2, 0.25) is 5.96 Å². The van der Waals surface area contributed by atoms with Crippen LogP contribution in [0.5, 0.6) is 0 Å². The second-order valence-electron chi connectivity index (χ2n) is 16.8. The number of carbonyl (C=O) groups is 7. The van der Waals surface area contributed by atoms with Crippen molar-refractivity contribution < 1.29 is 52.5 Å². The molecule has 1 aliphatic heterocycles. The predicted octanol–water partition coefficient (Wildman–Crippen LogP) is 6.02. The summed E-state index contributed by atoms with van der Waals surface area (Å²) in [6, 6.07) is 3.84. The van der Waals surface area contributed by atoms with Gasteiger partial charge in [-0.05, 0) is 108 Å². The van der Waals surface area contributed by atoms with E-state index in [1.165, 1.54) is 12.1 Å². The lowest BCUT2D eigenvalue weighted by atomic mass is 10.0.